The van der Waals surface area contributed by atoms with Gasteiger partial charge in [0.05, 0.1) is 0 Å². The molecule has 0 spiro atoms. The van der Waals surface area contributed by atoms with Gasteiger partial charge in [0.1, 0.15) is 6.29 Å². The molecule has 1 aliphatic heterocycles. The molecule has 1 aromatic rings. The van der Waals surface area contributed by atoms with Gasteiger partial charge in [0.15, 0.2) is 0 Å². The minimum absolute atomic E-state index is 0.00612. The van der Waals surface area contributed by atoms with Crippen LogP contribution >= 0.6 is 0 Å². The van der Waals surface area contributed by atoms with Gasteiger partial charge >= 0.3 is 210 Å². The van der Waals surface area contributed by atoms with Crippen molar-refractivity contribution in [1.82, 2.24) is 5.32 Å². The molecular weight excluding hydrogens is 521 g/mol. The first kappa shape index (κ1) is 35.3. The number of allylic oxidation sites excluding steroid dienone is 1. The summed E-state index contributed by atoms with van der Waals surface area (Å²) in [6.45, 7) is 18.1. The SMILES string of the molecule is CC.CC(O)O.[B]=C(c1ccoc1)[C@]1(C)CCC2C3C1CC(=O)N[C@@H]3C(O)C(C)[C@H](CC(=C)OC)[C@]2(C)C(C)CO. The van der Waals surface area contributed by atoms with Crippen LogP contribution in [0.4, 0.5) is 0 Å². The van der Waals surface area contributed by atoms with Crippen LogP contribution in [0.3, 0.4) is 0 Å². The molecule has 0 bridgehead atoms. The molecule has 2 aliphatic carbocycles. The Balaban J connectivity index is 0.000000902. The number of nitrogens with one attached hydrogen (secondary N) is 1. The summed E-state index contributed by atoms with van der Waals surface area (Å²) in [5.74, 6) is 0.700. The summed E-state index contributed by atoms with van der Waals surface area (Å²) >= 11 is 0. The molecule has 4 rings (SSSR count). The van der Waals surface area contributed by atoms with Gasteiger partial charge < -0.3 is 10.2 Å². The molecule has 1 amide bonds. The number of carbonyl (C=O) groups excluding carboxylic acids is 1. The van der Waals surface area contributed by atoms with E-state index in [1.165, 1.54) is 6.92 Å². The van der Waals surface area contributed by atoms with Gasteiger partial charge in [0, 0.05) is 0 Å². The zero-order valence-electron chi connectivity index (χ0n) is 26.3. The molecule has 1 radical (unpaired) electrons. The number of furan rings is 1. The van der Waals surface area contributed by atoms with E-state index in [0.29, 0.717) is 18.6 Å². The fraction of sp³-hybridized carbons (Fsp3) is 0.750. The van der Waals surface area contributed by atoms with Crippen molar-refractivity contribution in [3.8, 4) is 0 Å². The minimum atomic E-state index is -1.17. The second kappa shape index (κ2) is 14.5. The van der Waals surface area contributed by atoms with Crippen LogP contribution in [0.15, 0.2) is 35.3 Å². The Hall–Kier alpha value is -1.94. The van der Waals surface area contributed by atoms with Crippen LogP contribution in [0.25, 0.3) is 0 Å². The van der Waals surface area contributed by atoms with Crippen LogP contribution in [0.2, 0.25) is 0 Å². The first-order chi connectivity index (χ1) is 19.2. The number of aliphatic hydroxyl groups excluding tert-OH is 3. The molecule has 3 fully saturated rings. The molecule has 6 unspecified atom stereocenters. The average Bonchev–Trinajstić information content (AvgIpc) is 3.47. The summed E-state index contributed by atoms with van der Waals surface area (Å²) in [4.78, 5) is 13.1. The third kappa shape index (κ3) is 6.84. The van der Waals surface area contributed by atoms with Crippen molar-refractivity contribution < 1.29 is 34.4 Å². The zero-order valence-corrected chi connectivity index (χ0v) is 26.3. The van der Waals surface area contributed by atoms with Crippen molar-refractivity contribution in [3.05, 3.63) is 36.5 Å². The molecule has 5 N–H and O–H groups in total. The van der Waals surface area contributed by atoms with E-state index in [9.17, 15) is 15.0 Å². The van der Waals surface area contributed by atoms with Crippen molar-refractivity contribution in [2.45, 2.75) is 92.6 Å². The van der Waals surface area contributed by atoms with Crippen molar-refractivity contribution >= 4 is 18.9 Å². The topological polar surface area (TPSA) is 132 Å². The third-order valence-electron chi connectivity index (χ3n) is 10.5. The van der Waals surface area contributed by atoms with Crippen LogP contribution < -0.4 is 5.32 Å². The first-order valence-electron chi connectivity index (χ1n) is 15.1. The maximum absolute atomic E-state index is 13.1. The number of ether oxygens (including phenoxy) is 1. The number of piperidine rings is 1. The third-order valence-corrected chi connectivity index (χ3v) is 10.5. The summed E-state index contributed by atoms with van der Waals surface area (Å²) in [6, 6.07) is 1.51. The van der Waals surface area contributed by atoms with Crippen molar-refractivity contribution in [1.29, 1.82) is 0 Å². The van der Waals surface area contributed by atoms with Gasteiger partial charge in [-0.1, -0.05) is 13.8 Å². The van der Waals surface area contributed by atoms with Crippen LogP contribution in [0.5, 0.6) is 0 Å². The van der Waals surface area contributed by atoms with Crippen molar-refractivity contribution in [2.24, 2.45) is 46.3 Å². The van der Waals surface area contributed by atoms with Gasteiger partial charge in [-0.05, 0) is 6.92 Å². The van der Waals surface area contributed by atoms with Crippen LogP contribution in [-0.4, -0.2) is 71.4 Å². The molecule has 2 heterocycles. The Morgan fingerprint density at radius 3 is 2.39 bits per heavy atom. The Morgan fingerprint density at radius 1 is 1.27 bits per heavy atom. The number of aliphatic hydroxyl groups is 4. The Labute approximate surface area is 247 Å². The summed E-state index contributed by atoms with van der Waals surface area (Å²) < 4.78 is 10.8. The molecule has 1 aromatic heterocycles. The first-order valence-corrected chi connectivity index (χ1v) is 15.1. The second-order valence-electron chi connectivity index (χ2n) is 12.5. The summed E-state index contributed by atoms with van der Waals surface area (Å²) in [6.07, 6.45) is 4.08. The number of methoxy groups -OCH3 is 1. The fourth-order valence-electron chi connectivity index (χ4n) is 8.13. The summed E-state index contributed by atoms with van der Waals surface area (Å²) in [5, 5.41) is 40.6. The predicted molar refractivity (Wildman–Crippen MR) is 162 cm³/mol. The van der Waals surface area contributed by atoms with Crippen LogP contribution in [-0.2, 0) is 9.53 Å². The quantitative estimate of drug-likeness (QED) is 0.191. The van der Waals surface area contributed by atoms with E-state index in [4.69, 9.17) is 26.9 Å². The monoisotopic (exact) mass is 574 g/mol. The molecule has 9 heteroatoms. The van der Waals surface area contributed by atoms with E-state index in [2.05, 4.69) is 39.6 Å². The molecular formula is C32H53BNO7. The molecule has 2 saturated carbocycles. The molecule has 0 aromatic carbocycles. The Bertz CT molecular complexity index is 1010. The molecule has 10 atom stereocenters. The van der Waals surface area contributed by atoms with Crippen LogP contribution in [0, 0.1) is 46.3 Å². The van der Waals surface area contributed by atoms with Gasteiger partial charge in [-0.3, -0.25) is 0 Å². The molecule has 41 heavy (non-hydrogen) atoms. The molecule has 8 nitrogen and oxygen atoms in total. The Kier molecular flexibility index (Phi) is 12.5. The van der Waals surface area contributed by atoms with Crippen LogP contribution in [0.1, 0.15) is 79.7 Å². The van der Waals surface area contributed by atoms with E-state index >= 15 is 0 Å². The maximum atomic E-state index is 13.1. The fourth-order valence-corrected chi connectivity index (χ4v) is 8.13. The van der Waals surface area contributed by atoms with E-state index in [0.717, 1.165) is 23.9 Å². The van der Waals surface area contributed by atoms with Gasteiger partial charge in [-0.15, -0.1) is 0 Å². The van der Waals surface area contributed by atoms with Gasteiger partial charge in [-0.2, -0.15) is 0 Å². The van der Waals surface area contributed by atoms with E-state index in [1.54, 1.807) is 19.6 Å². The summed E-state index contributed by atoms with van der Waals surface area (Å²) in [5.41, 5.74) is 0.888. The Morgan fingerprint density at radius 2 is 1.88 bits per heavy atom. The van der Waals surface area contributed by atoms with Gasteiger partial charge in [0.25, 0.3) is 0 Å². The molecule has 1 saturated heterocycles. The van der Waals surface area contributed by atoms with E-state index in [-0.39, 0.29) is 59.5 Å². The number of hydrogen-bond acceptors (Lipinski definition) is 7. The van der Waals surface area contributed by atoms with Crippen molar-refractivity contribution in [2.75, 3.05) is 13.7 Å². The number of hydrogen-bond donors (Lipinski definition) is 5. The summed E-state index contributed by atoms with van der Waals surface area (Å²) in [7, 11) is 8.44. The van der Waals surface area contributed by atoms with E-state index < -0.39 is 17.8 Å². The van der Waals surface area contributed by atoms with Gasteiger partial charge in [0.2, 0.25) is 0 Å². The number of amides is 1. The average molecular weight is 575 g/mol. The van der Waals surface area contributed by atoms with Crippen molar-refractivity contribution in [3.63, 3.8) is 0 Å². The standard InChI is InChI=1S/C28H41BNO5.C2H6O2.C2H6/c1-15(13-31)28(5)19-7-9-27(4,26(29)18-8-10-35-14-18)21-12-22(32)30-24(23(19)21)25(33)17(3)20(28)11-16(2)34-6;1-2(3)4;1-2/h8,10,14-15,17,19-21,23-25,31,33H,2,7,9,11-13H2,1,3-6H3,(H,30,32);2-4H,1H3;1-2H3/t15?,17?,19?,20-,21?,23?,24-,25?,27+,28+;;/m0../s1. The van der Waals surface area contributed by atoms with Gasteiger partial charge in [-0.25, -0.2) is 0 Å². The number of carbonyl (C=O) groups is 1. The zero-order chi connectivity index (χ0) is 31.3. The van der Waals surface area contributed by atoms with E-state index in [1.807, 2.05) is 19.9 Å². The normalized spacial score (nSPS) is 36.7. The number of rotatable bonds is 7. The molecule has 231 valence electrons. The molecule has 3 aliphatic rings. The second-order valence-corrected chi connectivity index (χ2v) is 12.5. The predicted octanol–water partition coefficient (Wildman–Crippen LogP) is 3.66.